The summed E-state index contributed by atoms with van der Waals surface area (Å²) in [5.74, 6) is -1.37. The maximum Gasteiger partial charge on any atom is 0.252 e. The number of benzene rings is 1. The lowest BCUT2D eigenvalue weighted by Crippen LogP contribution is -2.60. The van der Waals surface area contributed by atoms with Gasteiger partial charge in [0.1, 0.15) is 11.4 Å². The van der Waals surface area contributed by atoms with Crippen molar-refractivity contribution < 1.29 is 18.8 Å². The second-order valence-electron chi connectivity index (χ2n) is 7.43. The Balaban J connectivity index is 1.88. The third kappa shape index (κ3) is 6.80. The van der Waals surface area contributed by atoms with Gasteiger partial charge in [-0.3, -0.25) is 14.4 Å². The third-order valence-electron chi connectivity index (χ3n) is 5.15. The van der Waals surface area contributed by atoms with E-state index in [9.17, 15) is 18.8 Å². The molecule has 0 radical (unpaired) electrons. The highest BCUT2D eigenvalue weighted by molar-refractivity contribution is 9.10. The number of nitrogens with one attached hydrogen (secondary N) is 3. The first kappa shape index (κ1) is 23.3. The van der Waals surface area contributed by atoms with Crippen molar-refractivity contribution in [2.45, 2.75) is 63.8 Å². The van der Waals surface area contributed by atoms with E-state index in [0.29, 0.717) is 23.9 Å². The van der Waals surface area contributed by atoms with E-state index in [4.69, 9.17) is 0 Å². The summed E-state index contributed by atoms with van der Waals surface area (Å²) < 4.78 is 13.8. The fraction of sp³-hybridized carbons (Fsp3) is 0.571. The molecule has 0 bridgehead atoms. The quantitative estimate of drug-likeness (QED) is 0.484. The van der Waals surface area contributed by atoms with E-state index in [1.807, 2.05) is 0 Å². The number of carbonyl (C=O) groups excluding carboxylic acids is 3. The number of rotatable bonds is 9. The lowest BCUT2D eigenvalue weighted by Gasteiger charge is -2.36. The lowest BCUT2D eigenvalue weighted by molar-refractivity contribution is -0.135. The van der Waals surface area contributed by atoms with Crippen molar-refractivity contribution in [3.8, 4) is 0 Å². The zero-order valence-electron chi connectivity index (χ0n) is 16.8. The zero-order chi connectivity index (χ0) is 21.3. The molecule has 1 saturated carbocycles. The Bertz CT molecular complexity index is 736. The van der Waals surface area contributed by atoms with Crippen molar-refractivity contribution in [2.75, 3.05) is 13.1 Å². The summed E-state index contributed by atoms with van der Waals surface area (Å²) in [4.78, 5) is 37.4. The van der Waals surface area contributed by atoms with E-state index < -0.39 is 17.3 Å². The normalized spacial score (nSPS) is 15.4. The molecule has 3 amide bonds. The summed E-state index contributed by atoms with van der Waals surface area (Å²) in [5, 5.41) is 8.49. The number of hydrogen-bond donors (Lipinski definition) is 3. The Hall–Kier alpha value is -1.96. The van der Waals surface area contributed by atoms with Gasteiger partial charge in [0.05, 0.1) is 5.56 Å². The van der Waals surface area contributed by atoms with Gasteiger partial charge < -0.3 is 16.0 Å². The van der Waals surface area contributed by atoms with Crippen molar-refractivity contribution in [1.29, 1.82) is 0 Å². The van der Waals surface area contributed by atoms with Crippen LogP contribution in [0.5, 0.6) is 0 Å². The SMILES string of the molecule is CCCCNC(=O)C1(NC(=O)CCNC(=O)c2cc(F)ccc2Br)CCCCC1. The molecule has 0 saturated heterocycles. The average molecular weight is 470 g/mol. The molecular weight excluding hydrogens is 441 g/mol. The van der Waals surface area contributed by atoms with Crippen LogP contribution in [0.4, 0.5) is 4.39 Å². The van der Waals surface area contributed by atoms with Crippen LogP contribution in [0.1, 0.15) is 68.6 Å². The summed E-state index contributed by atoms with van der Waals surface area (Å²) in [5.41, 5.74) is -0.692. The minimum absolute atomic E-state index is 0.0443. The predicted molar refractivity (Wildman–Crippen MR) is 113 cm³/mol. The molecule has 1 aliphatic rings. The van der Waals surface area contributed by atoms with E-state index in [-0.39, 0.29) is 30.3 Å². The topological polar surface area (TPSA) is 87.3 Å². The van der Waals surface area contributed by atoms with Gasteiger partial charge in [-0.05, 0) is 53.4 Å². The van der Waals surface area contributed by atoms with Gasteiger partial charge in [0, 0.05) is 24.0 Å². The number of carbonyl (C=O) groups is 3. The Morgan fingerprint density at radius 2 is 1.83 bits per heavy atom. The molecule has 0 heterocycles. The fourth-order valence-electron chi connectivity index (χ4n) is 3.50. The zero-order valence-corrected chi connectivity index (χ0v) is 18.4. The van der Waals surface area contributed by atoms with Gasteiger partial charge in [-0.15, -0.1) is 0 Å². The van der Waals surface area contributed by atoms with Gasteiger partial charge in [0.15, 0.2) is 0 Å². The van der Waals surface area contributed by atoms with Crippen LogP contribution in [0.2, 0.25) is 0 Å². The predicted octanol–water partition coefficient (Wildman–Crippen LogP) is 3.44. The van der Waals surface area contributed by atoms with Crippen molar-refractivity contribution in [1.82, 2.24) is 16.0 Å². The number of unbranched alkanes of at least 4 members (excludes halogenated alkanes) is 1. The van der Waals surface area contributed by atoms with Crippen molar-refractivity contribution in [2.24, 2.45) is 0 Å². The summed E-state index contributed by atoms with van der Waals surface area (Å²) in [6.45, 7) is 2.76. The Kier molecular flexibility index (Phi) is 9.07. The number of hydrogen-bond acceptors (Lipinski definition) is 3. The maximum atomic E-state index is 13.3. The molecule has 8 heteroatoms. The molecule has 3 N–H and O–H groups in total. The van der Waals surface area contributed by atoms with Gasteiger partial charge in [0.25, 0.3) is 5.91 Å². The van der Waals surface area contributed by atoms with E-state index in [1.54, 1.807) is 0 Å². The molecule has 160 valence electrons. The van der Waals surface area contributed by atoms with Crippen LogP contribution >= 0.6 is 15.9 Å². The van der Waals surface area contributed by atoms with Gasteiger partial charge >= 0.3 is 0 Å². The Morgan fingerprint density at radius 1 is 1.10 bits per heavy atom. The Morgan fingerprint density at radius 3 is 2.52 bits per heavy atom. The van der Waals surface area contributed by atoms with Crippen LogP contribution in [0, 0.1) is 5.82 Å². The highest BCUT2D eigenvalue weighted by Crippen LogP contribution is 2.28. The number of amides is 3. The first-order chi connectivity index (χ1) is 13.9. The van der Waals surface area contributed by atoms with Crippen LogP contribution in [0.25, 0.3) is 0 Å². The minimum atomic E-state index is -0.862. The minimum Gasteiger partial charge on any atom is -0.354 e. The molecule has 1 aromatic rings. The standard InChI is InChI=1S/C21H29BrFN3O3/c1-2-3-12-25-20(29)21(10-5-4-6-11-21)26-18(27)9-13-24-19(28)16-14-15(23)7-8-17(16)22/h7-8,14H,2-6,9-13H2,1H3,(H,24,28)(H,25,29)(H,26,27). The van der Waals surface area contributed by atoms with Crippen molar-refractivity contribution in [3.05, 3.63) is 34.1 Å². The molecular formula is C21H29BrFN3O3. The van der Waals surface area contributed by atoms with Gasteiger partial charge in [-0.25, -0.2) is 4.39 Å². The molecule has 0 atom stereocenters. The van der Waals surface area contributed by atoms with Crippen LogP contribution in [0.15, 0.2) is 22.7 Å². The summed E-state index contributed by atoms with van der Waals surface area (Å²) in [6.07, 6.45) is 6.02. The molecule has 0 spiro atoms. The molecule has 2 rings (SSSR count). The monoisotopic (exact) mass is 469 g/mol. The van der Waals surface area contributed by atoms with Gasteiger partial charge in [-0.1, -0.05) is 32.6 Å². The van der Waals surface area contributed by atoms with Crippen molar-refractivity contribution >= 4 is 33.7 Å². The van der Waals surface area contributed by atoms with E-state index in [1.165, 1.54) is 12.1 Å². The molecule has 29 heavy (non-hydrogen) atoms. The molecule has 6 nitrogen and oxygen atoms in total. The van der Waals surface area contributed by atoms with E-state index >= 15 is 0 Å². The molecule has 1 aromatic carbocycles. The fourth-order valence-corrected chi connectivity index (χ4v) is 3.92. The largest absolute Gasteiger partial charge is 0.354 e. The van der Waals surface area contributed by atoms with E-state index in [2.05, 4.69) is 38.8 Å². The van der Waals surface area contributed by atoms with Crippen LogP contribution in [-0.2, 0) is 9.59 Å². The van der Waals surface area contributed by atoms with Crippen LogP contribution < -0.4 is 16.0 Å². The smallest absolute Gasteiger partial charge is 0.252 e. The summed E-state index contributed by atoms with van der Waals surface area (Å²) >= 11 is 3.22. The molecule has 0 aliphatic heterocycles. The molecule has 0 aromatic heterocycles. The second-order valence-corrected chi connectivity index (χ2v) is 8.28. The maximum absolute atomic E-state index is 13.3. The first-order valence-electron chi connectivity index (χ1n) is 10.2. The van der Waals surface area contributed by atoms with Crippen molar-refractivity contribution in [3.63, 3.8) is 0 Å². The first-order valence-corrected chi connectivity index (χ1v) is 11.0. The lowest BCUT2D eigenvalue weighted by atomic mass is 9.80. The summed E-state index contributed by atoms with van der Waals surface area (Å²) in [7, 11) is 0. The average Bonchev–Trinajstić information content (AvgIpc) is 2.70. The second kappa shape index (κ2) is 11.3. The molecule has 1 fully saturated rings. The van der Waals surface area contributed by atoms with Gasteiger partial charge in [0.2, 0.25) is 11.8 Å². The van der Waals surface area contributed by atoms with Gasteiger partial charge in [-0.2, -0.15) is 0 Å². The summed E-state index contributed by atoms with van der Waals surface area (Å²) in [6, 6.07) is 3.85. The number of halogens is 2. The van der Waals surface area contributed by atoms with E-state index in [0.717, 1.165) is 38.2 Å². The van der Waals surface area contributed by atoms with Crippen LogP contribution in [0.3, 0.4) is 0 Å². The molecule has 0 unspecified atom stereocenters. The molecule has 1 aliphatic carbocycles. The van der Waals surface area contributed by atoms with Crippen LogP contribution in [-0.4, -0.2) is 36.3 Å². The Labute approximate surface area is 179 Å². The highest BCUT2D eigenvalue weighted by atomic mass is 79.9. The third-order valence-corrected chi connectivity index (χ3v) is 5.84. The highest BCUT2D eigenvalue weighted by Gasteiger charge is 2.40.